The molecule has 0 aromatic heterocycles. The zero-order valence-electron chi connectivity index (χ0n) is 7.45. The van der Waals surface area contributed by atoms with Gasteiger partial charge in [0.2, 0.25) is 0 Å². The molecule has 1 aliphatic rings. The minimum absolute atomic E-state index is 0.0894. The SMILES string of the molecule is NC(CSSC1[Se]C1(N)C(=O)O)C(=O)O. The summed E-state index contributed by atoms with van der Waals surface area (Å²) < 4.78 is -1.16. The van der Waals surface area contributed by atoms with Crippen LogP contribution in [0.25, 0.3) is 0 Å². The topological polar surface area (TPSA) is 127 Å². The minimum atomic E-state index is -1.07. The molecule has 1 fully saturated rings. The van der Waals surface area contributed by atoms with Crippen molar-refractivity contribution in [2.45, 2.75) is 14.6 Å². The number of carboxylic acids is 2. The van der Waals surface area contributed by atoms with E-state index in [9.17, 15) is 9.59 Å². The van der Waals surface area contributed by atoms with Crippen LogP contribution in [0.3, 0.4) is 0 Å². The number of carboxylic acid groups (broad SMARTS) is 2. The summed E-state index contributed by atoms with van der Waals surface area (Å²) in [4.78, 5) is 21.0. The molecule has 6 N–H and O–H groups in total. The van der Waals surface area contributed by atoms with Crippen LogP contribution in [0.5, 0.6) is 0 Å². The van der Waals surface area contributed by atoms with Gasteiger partial charge in [0.1, 0.15) is 0 Å². The van der Waals surface area contributed by atoms with E-state index in [1.54, 1.807) is 0 Å². The number of hydrogen-bond donors (Lipinski definition) is 4. The predicted octanol–water partition coefficient (Wildman–Crippen LogP) is -1.44. The molecule has 1 heterocycles. The van der Waals surface area contributed by atoms with Crippen LogP contribution in [0.2, 0.25) is 0 Å². The summed E-state index contributed by atoms with van der Waals surface area (Å²) in [5, 5.41) is 17.2. The van der Waals surface area contributed by atoms with Crippen LogP contribution in [-0.2, 0) is 9.59 Å². The Morgan fingerprint density at radius 2 is 2.13 bits per heavy atom. The van der Waals surface area contributed by atoms with E-state index in [-0.39, 0.29) is 24.9 Å². The maximum atomic E-state index is 10.6. The number of rotatable bonds is 6. The van der Waals surface area contributed by atoms with Crippen molar-refractivity contribution in [2.75, 3.05) is 5.75 Å². The average molecular weight is 317 g/mol. The van der Waals surface area contributed by atoms with Crippen LogP contribution in [0, 0.1) is 0 Å². The summed E-state index contributed by atoms with van der Waals surface area (Å²) in [6.07, 6.45) is 0. The third-order valence-electron chi connectivity index (χ3n) is 1.65. The molecule has 9 heteroatoms. The molecular weight excluding hydrogens is 307 g/mol. The Balaban J connectivity index is 2.19. The first-order valence-corrected chi connectivity index (χ1v) is 8.07. The Hall–Kier alpha value is 0.0795. The summed E-state index contributed by atoms with van der Waals surface area (Å²) in [7, 11) is 2.58. The van der Waals surface area contributed by atoms with Crippen LogP contribution in [0.1, 0.15) is 0 Å². The molecule has 0 amide bonds. The van der Waals surface area contributed by atoms with E-state index in [0.29, 0.717) is 0 Å². The molecule has 0 bridgehead atoms. The second-order valence-corrected chi connectivity index (χ2v) is 8.97. The molecule has 3 atom stereocenters. The summed E-state index contributed by atoms with van der Waals surface area (Å²) in [5.74, 6) is -1.78. The molecule has 1 saturated heterocycles. The van der Waals surface area contributed by atoms with Crippen molar-refractivity contribution in [3.63, 3.8) is 0 Å². The molecule has 0 saturated carbocycles. The van der Waals surface area contributed by atoms with Gasteiger partial charge in [-0.2, -0.15) is 0 Å². The normalized spacial score (nSPS) is 30.9. The molecule has 86 valence electrons. The molecule has 1 rings (SSSR count). The van der Waals surface area contributed by atoms with Gasteiger partial charge < -0.3 is 0 Å². The zero-order chi connectivity index (χ0) is 11.6. The van der Waals surface area contributed by atoms with E-state index in [1.165, 1.54) is 21.6 Å². The van der Waals surface area contributed by atoms with Gasteiger partial charge in [0.05, 0.1) is 0 Å². The van der Waals surface area contributed by atoms with Crippen LogP contribution < -0.4 is 11.5 Å². The summed E-state index contributed by atoms with van der Waals surface area (Å²) in [6, 6.07) is -0.911. The van der Waals surface area contributed by atoms with Crippen molar-refractivity contribution in [1.29, 1.82) is 0 Å². The van der Waals surface area contributed by atoms with Crippen molar-refractivity contribution in [3.05, 3.63) is 0 Å². The van der Waals surface area contributed by atoms with Gasteiger partial charge in [-0.1, -0.05) is 0 Å². The van der Waals surface area contributed by atoms with Gasteiger partial charge in [-0.25, -0.2) is 0 Å². The zero-order valence-corrected chi connectivity index (χ0v) is 10.8. The van der Waals surface area contributed by atoms with E-state index >= 15 is 0 Å². The van der Waals surface area contributed by atoms with Crippen molar-refractivity contribution in [2.24, 2.45) is 11.5 Å². The van der Waals surface area contributed by atoms with Crippen molar-refractivity contribution < 1.29 is 19.8 Å². The number of carbonyl (C=O) groups is 2. The van der Waals surface area contributed by atoms with Crippen LogP contribution >= 0.6 is 21.6 Å². The standard InChI is InChI=1S/C6H10N2O4S2Se/c7-2(3(9)10)1-13-14-5-6(8,15-5)4(11)12/h2,5H,1,7-8H2,(H,9,10)(H,11,12). The van der Waals surface area contributed by atoms with E-state index < -0.39 is 22.4 Å². The summed E-state index contributed by atoms with van der Waals surface area (Å²) in [5.41, 5.74) is 10.8. The van der Waals surface area contributed by atoms with Gasteiger partial charge in [0.15, 0.2) is 0 Å². The molecule has 3 unspecified atom stereocenters. The first kappa shape index (κ1) is 13.1. The first-order chi connectivity index (χ1) is 6.88. The summed E-state index contributed by atoms with van der Waals surface area (Å²) >= 11 is -0.121. The number of aliphatic carboxylic acids is 2. The Bertz CT molecular complexity index is 292. The van der Waals surface area contributed by atoms with E-state index in [0.717, 1.165) is 0 Å². The summed E-state index contributed by atoms with van der Waals surface area (Å²) in [6.45, 7) is 0. The molecule has 1 aliphatic heterocycles. The Labute approximate surface area is 100 Å². The average Bonchev–Trinajstić information content (AvgIpc) is 2.78. The van der Waals surface area contributed by atoms with Gasteiger partial charge in [0, 0.05) is 0 Å². The van der Waals surface area contributed by atoms with Gasteiger partial charge in [0.25, 0.3) is 0 Å². The molecule has 0 spiro atoms. The molecule has 0 radical (unpaired) electrons. The molecule has 15 heavy (non-hydrogen) atoms. The maximum absolute atomic E-state index is 10.6. The van der Waals surface area contributed by atoms with Crippen molar-refractivity contribution in [1.82, 2.24) is 0 Å². The first-order valence-electron chi connectivity index (χ1n) is 3.84. The van der Waals surface area contributed by atoms with E-state index in [1.807, 2.05) is 0 Å². The Morgan fingerprint density at radius 3 is 2.53 bits per heavy atom. The fraction of sp³-hybridized carbons (Fsp3) is 0.667. The van der Waals surface area contributed by atoms with Crippen molar-refractivity contribution >= 4 is 48.5 Å². The molecule has 0 aromatic carbocycles. The third kappa shape index (κ3) is 3.27. The number of nitrogens with two attached hydrogens (primary N) is 2. The number of hydrogen-bond acceptors (Lipinski definition) is 6. The Kier molecular flexibility index (Phi) is 4.33. The van der Waals surface area contributed by atoms with E-state index in [2.05, 4.69) is 0 Å². The molecule has 0 aromatic rings. The fourth-order valence-corrected chi connectivity index (χ4v) is 7.38. The van der Waals surface area contributed by atoms with Gasteiger partial charge in [-0.15, -0.1) is 0 Å². The molecular formula is C6H10N2O4S2Se. The third-order valence-corrected chi connectivity index (χ3v) is 8.86. The Morgan fingerprint density at radius 1 is 1.53 bits per heavy atom. The van der Waals surface area contributed by atoms with Crippen LogP contribution in [0.4, 0.5) is 0 Å². The predicted molar refractivity (Wildman–Crippen MR) is 59.8 cm³/mol. The van der Waals surface area contributed by atoms with Gasteiger partial charge in [-0.3, -0.25) is 0 Å². The van der Waals surface area contributed by atoms with Gasteiger partial charge >= 0.3 is 100 Å². The van der Waals surface area contributed by atoms with Gasteiger partial charge in [-0.05, 0) is 0 Å². The monoisotopic (exact) mass is 318 g/mol. The second kappa shape index (κ2) is 4.94. The quantitative estimate of drug-likeness (QED) is 0.347. The van der Waals surface area contributed by atoms with Crippen LogP contribution in [-0.4, -0.2) is 57.5 Å². The molecule has 0 aliphatic carbocycles. The second-order valence-electron chi connectivity index (χ2n) is 2.87. The van der Waals surface area contributed by atoms with E-state index in [4.69, 9.17) is 21.7 Å². The van der Waals surface area contributed by atoms with Crippen LogP contribution in [0.15, 0.2) is 0 Å². The molecule has 6 nitrogen and oxygen atoms in total. The van der Waals surface area contributed by atoms with Crippen molar-refractivity contribution in [3.8, 4) is 0 Å². The fourth-order valence-electron chi connectivity index (χ4n) is 0.631.